The van der Waals surface area contributed by atoms with Crippen molar-refractivity contribution in [2.45, 2.75) is 64.6 Å². The molecule has 27 heavy (non-hydrogen) atoms. The highest BCUT2D eigenvalue weighted by Gasteiger charge is 2.57. The van der Waals surface area contributed by atoms with Gasteiger partial charge in [0.05, 0.1) is 25.6 Å². The Labute approximate surface area is 165 Å². The molecular weight excluding hydrogens is 360 g/mol. The van der Waals surface area contributed by atoms with E-state index in [4.69, 9.17) is 13.9 Å². The van der Waals surface area contributed by atoms with Crippen molar-refractivity contribution in [2.75, 3.05) is 20.3 Å². The van der Waals surface area contributed by atoms with E-state index >= 15 is 0 Å². The second kappa shape index (κ2) is 8.91. The van der Waals surface area contributed by atoms with E-state index in [0.717, 1.165) is 25.7 Å². The van der Waals surface area contributed by atoms with Gasteiger partial charge in [-0.2, -0.15) is 0 Å². The number of hydrogen-bond acceptors (Lipinski definition) is 5. The fourth-order valence-electron chi connectivity index (χ4n) is 4.05. The zero-order chi connectivity index (χ0) is 20.2. The molecule has 0 saturated heterocycles. The zero-order valence-corrected chi connectivity index (χ0v) is 18.7. The fraction of sp³-hybridized carbons (Fsp3) is 0.810. The quantitative estimate of drug-likeness (QED) is 0.289. The number of hydrogen-bond donors (Lipinski definition) is 0. The molecule has 0 heterocycles. The zero-order valence-electron chi connectivity index (χ0n) is 17.7. The largest absolute Gasteiger partial charge is 0.469 e. The third-order valence-electron chi connectivity index (χ3n) is 6.70. The summed E-state index contributed by atoms with van der Waals surface area (Å²) in [5.74, 6) is -0.839. The molecule has 4 atom stereocenters. The number of carbonyl (C=O) groups is 2. The van der Waals surface area contributed by atoms with Crippen LogP contribution in [0.5, 0.6) is 0 Å². The topological polar surface area (TPSA) is 61.8 Å². The van der Waals surface area contributed by atoms with E-state index in [1.54, 1.807) is 0 Å². The lowest BCUT2D eigenvalue weighted by Crippen LogP contribution is -2.55. The Hall–Kier alpha value is -1.14. The molecular formula is C21H36O5Si. The Morgan fingerprint density at radius 1 is 0.963 bits per heavy atom. The van der Waals surface area contributed by atoms with Gasteiger partial charge in [0.25, 0.3) is 0 Å². The number of fused-ring (bicyclic) bond motifs is 1. The van der Waals surface area contributed by atoms with Gasteiger partial charge in [0.2, 0.25) is 0 Å². The first-order valence-electron chi connectivity index (χ1n) is 10.1. The summed E-state index contributed by atoms with van der Waals surface area (Å²) in [6, 6.07) is 0. The number of esters is 2. The second-order valence-electron chi connectivity index (χ2n) is 9.30. The molecule has 2 aliphatic carbocycles. The molecule has 2 rings (SSSR count). The van der Waals surface area contributed by atoms with Crippen LogP contribution < -0.4 is 0 Å². The minimum atomic E-state index is -1.85. The summed E-state index contributed by atoms with van der Waals surface area (Å²) < 4.78 is 16.6. The van der Waals surface area contributed by atoms with Crippen LogP contribution in [-0.2, 0) is 23.5 Å². The molecule has 0 unspecified atom stereocenters. The molecule has 0 bridgehead atoms. The summed E-state index contributed by atoms with van der Waals surface area (Å²) >= 11 is 0. The Morgan fingerprint density at radius 3 is 1.96 bits per heavy atom. The van der Waals surface area contributed by atoms with E-state index < -0.39 is 8.32 Å². The number of ether oxygens (including phenoxy) is 2. The number of carbonyl (C=O) groups excluding carboxylic acids is 2. The maximum Gasteiger partial charge on any atom is 0.310 e. The van der Waals surface area contributed by atoms with Crippen molar-refractivity contribution in [3.8, 4) is 0 Å². The molecule has 154 valence electrons. The number of rotatable bonds is 6. The highest BCUT2D eigenvalue weighted by Crippen LogP contribution is 2.52. The summed E-state index contributed by atoms with van der Waals surface area (Å²) in [5.41, 5.74) is 0. The van der Waals surface area contributed by atoms with Crippen molar-refractivity contribution in [2.24, 2.45) is 23.7 Å². The molecule has 2 aliphatic rings. The lowest BCUT2D eigenvalue weighted by atomic mass is 9.53. The van der Waals surface area contributed by atoms with Crippen molar-refractivity contribution in [3.05, 3.63) is 12.2 Å². The highest BCUT2D eigenvalue weighted by molar-refractivity contribution is 6.74. The smallest absolute Gasteiger partial charge is 0.310 e. The second-order valence-corrected chi connectivity index (χ2v) is 14.1. The van der Waals surface area contributed by atoms with E-state index in [1.807, 2.05) is 0 Å². The van der Waals surface area contributed by atoms with Gasteiger partial charge in [0, 0.05) is 0 Å². The molecule has 0 aliphatic heterocycles. The average Bonchev–Trinajstić information content (AvgIpc) is 2.55. The molecule has 0 N–H and O–H groups in total. The summed E-state index contributed by atoms with van der Waals surface area (Å²) in [6.07, 6.45) is 8.11. The first-order valence-corrected chi connectivity index (χ1v) is 13.0. The van der Waals surface area contributed by atoms with Crippen molar-refractivity contribution in [3.63, 3.8) is 0 Å². The minimum Gasteiger partial charge on any atom is -0.469 e. The standard InChI is InChI=1S/C21H36O5Si/c1-21(2,3)27(5,6)26-14-13-25-20(23)18-16-12-10-8-7-9-11-15(16)17(18)19(22)24-4/h7-8,15-18H,9-14H2,1-6H3/b8-7+/t15-,16-,17-,18+/m0/s1. The summed E-state index contributed by atoms with van der Waals surface area (Å²) in [6.45, 7) is 11.6. The van der Waals surface area contributed by atoms with Crippen LogP contribution in [0, 0.1) is 23.7 Å². The SMILES string of the molecule is COC(=O)[C@H]1[C@H]2CC/C=C/CC[C@@H]2[C@H]1C(=O)OCCO[Si](C)(C)C(C)(C)C. The van der Waals surface area contributed by atoms with Gasteiger partial charge < -0.3 is 13.9 Å². The van der Waals surface area contributed by atoms with E-state index in [2.05, 4.69) is 46.0 Å². The monoisotopic (exact) mass is 396 g/mol. The molecule has 0 spiro atoms. The third-order valence-corrected chi connectivity index (χ3v) is 11.2. The van der Waals surface area contributed by atoms with Crippen LogP contribution in [0.1, 0.15) is 46.5 Å². The van der Waals surface area contributed by atoms with E-state index in [-0.39, 0.29) is 47.3 Å². The van der Waals surface area contributed by atoms with Crippen molar-refractivity contribution >= 4 is 20.3 Å². The van der Waals surface area contributed by atoms with Crippen molar-refractivity contribution in [1.82, 2.24) is 0 Å². The lowest BCUT2D eigenvalue weighted by Gasteiger charge is -2.49. The Kier molecular flexibility index (Phi) is 7.31. The van der Waals surface area contributed by atoms with E-state index in [9.17, 15) is 9.59 Å². The van der Waals surface area contributed by atoms with Gasteiger partial charge in [-0.15, -0.1) is 0 Å². The Balaban J connectivity index is 1.93. The molecule has 0 amide bonds. The van der Waals surface area contributed by atoms with Gasteiger partial charge in [0.1, 0.15) is 6.61 Å². The predicted octanol–water partition coefficient (Wildman–Crippen LogP) is 4.33. The van der Waals surface area contributed by atoms with Crippen LogP contribution >= 0.6 is 0 Å². The molecule has 0 aromatic heterocycles. The minimum absolute atomic E-state index is 0.126. The van der Waals surface area contributed by atoms with Gasteiger partial charge in [-0.1, -0.05) is 32.9 Å². The van der Waals surface area contributed by atoms with Crippen LogP contribution in [-0.4, -0.2) is 40.6 Å². The van der Waals surface area contributed by atoms with Crippen LogP contribution in [0.25, 0.3) is 0 Å². The maximum atomic E-state index is 12.7. The summed E-state index contributed by atoms with van der Waals surface area (Å²) in [5, 5.41) is 0.126. The van der Waals surface area contributed by atoms with Crippen molar-refractivity contribution in [1.29, 1.82) is 0 Å². The third kappa shape index (κ3) is 5.02. The van der Waals surface area contributed by atoms with E-state index in [1.165, 1.54) is 7.11 Å². The van der Waals surface area contributed by atoms with Crippen LogP contribution in [0.15, 0.2) is 12.2 Å². The molecule has 0 aromatic carbocycles. The molecule has 0 radical (unpaired) electrons. The first kappa shape index (κ1) is 22.1. The van der Waals surface area contributed by atoms with Crippen molar-refractivity contribution < 1.29 is 23.5 Å². The Morgan fingerprint density at radius 2 is 1.48 bits per heavy atom. The summed E-state index contributed by atoms with van der Waals surface area (Å²) in [7, 11) is -0.452. The van der Waals surface area contributed by atoms with Gasteiger partial charge >= 0.3 is 11.9 Å². The molecule has 1 fully saturated rings. The van der Waals surface area contributed by atoms with Crippen LogP contribution in [0.2, 0.25) is 18.1 Å². The molecule has 1 saturated carbocycles. The first-order chi connectivity index (χ1) is 12.6. The normalized spacial score (nSPS) is 29.6. The average molecular weight is 397 g/mol. The highest BCUT2D eigenvalue weighted by atomic mass is 28.4. The van der Waals surface area contributed by atoms with Crippen LogP contribution in [0.3, 0.4) is 0 Å². The lowest BCUT2D eigenvalue weighted by molar-refractivity contribution is -0.182. The molecule has 5 nitrogen and oxygen atoms in total. The predicted molar refractivity (Wildman–Crippen MR) is 108 cm³/mol. The Bertz CT molecular complexity index is 563. The van der Waals surface area contributed by atoms with Gasteiger partial charge in [0.15, 0.2) is 8.32 Å². The number of allylic oxidation sites excluding steroid dienone is 2. The van der Waals surface area contributed by atoms with E-state index in [0.29, 0.717) is 6.61 Å². The maximum absolute atomic E-state index is 12.7. The summed E-state index contributed by atoms with van der Waals surface area (Å²) in [4.78, 5) is 25.0. The molecule has 6 heteroatoms. The molecule has 0 aromatic rings. The van der Waals surface area contributed by atoms with Gasteiger partial charge in [-0.25, -0.2) is 0 Å². The van der Waals surface area contributed by atoms with Crippen LogP contribution in [0.4, 0.5) is 0 Å². The van der Waals surface area contributed by atoms with Gasteiger partial charge in [-0.3, -0.25) is 9.59 Å². The number of methoxy groups -OCH3 is 1. The fourth-order valence-corrected chi connectivity index (χ4v) is 5.08. The van der Waals surface area contributed by atoms with Gasteiger partial charge in [-0.05, 0) is 55.7 Å².